The number of rotatable bonds is 8. The average molecular weight is 298 g/mol. The molecular weight excluding hydrogens is 264 g/mol. The minimum atomic E-state index is 0.441. The van der Waals surface area contributed by atoms with Crippen LogP contribution in [-0.2, 0) is 9.47 Å². The molecule has 1 N–H and O–H groups in total. The van der Waals surface area contributed by atoms with Gasteiger partial charge in [0.2, 0.25) is 0 Å². The highest BCUT2D eigenvalue weighted by atomic mass is 16.5. The van der Waals surface area contributed by atoms with Gasteiger partial charge in [-0.25, -0.2) is 0 Å². The lowest BCUT2D eigenvalue weighted by atomic mass is 9.78. The average Bonchev–Trinajstić information content (AvgIpc) is 2.53. The van der Waals surface area contributed by atoms with Gasteiger partial charge in [-0.3, -0.25) is 4.90 Å². The molecule has 0 aromatic heterocycles. The molecule has 1 atom stereocenters. The summed E-state index contributed by atoms with van der Waals surface area (Å²) in [6.07, 6.45) is 9.35. The van der Waals surface area contributed by atoms with Crippen LogP contribution in [0.25, 0.3) is 0 Å². The molecule has 0 aromatic rings. The molecule has 0 bridgehead atoms. The van der Waals surface area contributed by atoms with Crippen LogP contribution in [-0.4, -0.2) is 63.0 Å². The minimum absolute atomic E-state index is 0.441. The first-order chi connectivity index (χ1) is 10.3. The fourth-order valence-corrected chi connectivity index (χ4v) is 3.88. The zero-order valence-corrected chi connectivity index (χ0v) is 14.0. The Bertz CT molecular complexity index is 280. The van der Waals surface area contributed by atoms with Gasteiger partial charge in [0.05, 0.1) is 13.2 Å². The van der Waals surface area contributed by atoms with E-state index in [0.29, 0.717) is 18.2 Å². The Balaban J connectivity index is 1.79. The molecule has 0 radical (unpaired) electrons. The maximum absolute atomic E-state index is 5.63. The van der Waals surface area contributed by atoms with Gasteiger partial charge in [0, 0.05) is 44.9 Å². The Labute approximate surface area is 130 Å². The first kappa shape index (κ1) is 17.2. The quantitative estimate of drug-likeness (QED) is 0.698. The summed E-state index contributed by atoms with van der Waals surface area (Å²) in [7, 11) is 1.72. The highest BCUT2D eigenvalue weighted by Gasteiger charge is 2.41. The molecule has 1 saturated heterocycles. The zero-order valence-electron chi connectivity index (χ0n) is 14.0. The Hall–Kier alpha value is -0.160. The molecule has 1 unspecified atom stereocenters. The molecule has 4 heteroatoms. The highest BCUT2D eigenvalue weighted by Crippen LogP contribution is 2.35. The third-order valence-corrected chi connectivity index (χ3v) is 5.26. The van der Waals surface area contributed by atoms with E-state index in [2.05, 4.69) is 17.1 Å². The van der Waals surface area contributed by atoms with Crippen molar-refractivity contribution in [1.29, 1.82) is 0 Å². The lowest BCUT2D eigenvalue weighted by Gasteiger charge is -2.52. The minimum Gasteiger partial charge on any atom is -0.382 e. The fourth-order valence-electron chi connectivity index (χ4n) is 3.88. The van der Waals surface area contributed by atoms with Crippen LogP contribution in [0.2, 0.25) is 0 Å². The van der Waals surface area contributed by atoms with Crippen molar-refractivity contribution in [1.82, 2.24) is 10.2 Å². The van der Waals surface area contributed by atoms with E-state index < -0.39 is 0 Å². The van der Waals surface area contributed by atoms with Crippen molar-refractivity contribution >= 4 is 0 Å². The van der Waals surface area contributed by atoms with E-state index in [0.717, 1.165) is 19.6 Å². The molecule has 0 amide bonds. The Morgan fingerprint density at radius 2 is 1.95 bits per heavy atom. The van der Waals surface area contributed by atoms with Gasteiger partial charge in [-0.05, 0) is 25.7 Å². The van der Waals surface area contributed by atoms with Crippen LogP contribution < -0.4 is 5.32 Å². The third-order valence-electron chi connectivity index (χ3n) is 5.26. The number of methoxy groups -OCH3 is 1. The Morgan fingerprint density at radius 3 is 2.67 bits per heavy atom. The van der Waals surface area contributed by atoms with Crippen LogP contribution >= 0.6 is 0 Å². The van der Waals surface area contributed by atoms with Crippen LogP contribution in [0.4, 0.5) is 0 Å². The van der Waals surface area contributed by atoms with Crippen molar-refractivity contribution in [3.8, 4) is 0 Å². The molecule has 1 heterocycles. The van der Waals surface area contributed by atoms with Crippen molar-refractivity contribution in [2.75, 3.05) is 46.6 Å². The second-order valence-electron chi connectivity index (χ2n) is 6.68. The standard InChI is InChI=1S/C17H34N2O2/c1-3-16-14-19(10-7-11-21-13-12-20-2)17(15-18-16)8-5-4-6-9-17/h16,18H,3-15H2,1-2H3. The zero-order chi connectivity index (χ0) is 15.0. The molecule has 1 saturated carbocycles. The molecule has 2 rings (SSSR count). The summed E-state index contributed by atoms with van der Waals surface area (Å²) in [4.78, 5) is 2.79. The molecule has 1 spiro atoms. The van der Waals surface area contributed by atoms with Crippen molar-refractivity contribution in [3.05, 3.63) is 0 Å². The molecule has 2 fully saturated rings. The second kappa shape index (κ2) is 9.09. The number of piperazine rings is 1. The van der Waals surface area contributed by atoms with Gasteiger partial charge in [0.1, 0.15) is 0 Å². The SMILES string of the molecule is CCC1CN(CCCOCCOC)C2(CCCCC2)CN1. The summed E-state index contributed by atoms with van der Waals surface area (Å²) in [6.45, 7) is 8.18. The van der Waals surface area contributed by atoms with E-state index in [1.807, 2.05) is 0 Å². The molecule has 0 aromatic carbocycles. The van der Waals surface area contributed by atoms with E-state index in [-0.39, 0.29) is 0 Å². The summed E-state index contributed by atoms with van der Waals surface area (Å²) in [5.74, 6) is 0. The summed E-state index contributed by atoms with van der Waals surface area (Å²) < 4.78 is 10.6. The highest BCUT2D eigenvalue weighted by molar-refractivity contribution is 5.00. The molecular formula is C17H34N2O2. The topological polar surface area (TPSA) is 33.7 Å². The van der Waals surface area contributed by atoms with Gasteiger partial charge in [0.15, 0.2) is 0 Å². The lowest BCUT2D eigenvalue weighted by Crippen LogP contribution is -2.65. The molecule has 1 aliphatic carbocycles. The summed E-state index contributed by atoms with van der Waals surface area (Å²) in [6, 6.07) is 0.673. The van der Waals surface area contributed by atoms with E-state index >= 15 is 0 Å². The number of ether oxygens (including phenoxy) is 2. The van der Waals surface area contributed by atoms with Crippen LogP contribution in [0.1, 0.15) is 51.9 Å². The number of hydrogen-bond donors (Lipinski definition) is 1. The van der Waals surface area contributed by atoms with Crippen molar-refractivity contribution in [2.24, 2.45) is 0 Å². The van der Waals surface area contributed by atoms with Gasteiger partial charge >= 0.3 is 0 Å². The molecule has 124 valence electrons. The number of nitrogens with one attached hydrogen (secondary N) is 1. The van der Waals surface area contributed by atoms with Gasteiger partial charge in [-0.1, -0.05) is 26.2 Å². The van der Waals surface area contributed by atoms with Crippen molar-refractivity contribution in [3.63, 3.8) is 0 Å². The molecule has 21 heavy (non-hydrogen) atoms. The summed E-state index contributed by atoms with van der Waals surface area (Å²) >= 11 is 0. The van der Waals surface area contributed by atoms with Crippen molar-refractivity contribution in [2.45, 2.75) is 63.5 Å². The van der Waals surface area contributed by atoms with Crippen LogP contribution in [0.15, 0.2) is 0 Å². The maximum atomic E-state index is 5.63. The Morgan fingerprint density at radius 1 is 1.14 bits per heavy atom. The molecule has 1 aliphatic heterocycles. The van der Waals surface area contributed by atoms with Gasteiger partial charge in [-0.15, -0.1) is 0 Å². The first-order valence-electron chi connectivity index (χ1n) is 8.86. The second-order valence-corrected chi connectivity index (χ2v) is 6.68. The number of hydrogen-bond acceptors (Lipinski definition) is 4. The summed E-state index contributed by atoms with van der Waals surface area (Å²) in [5, 5.41) is 3.79. The third kappa shape index (κ3) is 4.92. The predicted molar refractivity (Wildman–Crippen MR) is 86.8 cm³/mol. The van der Waals surface area contributed by atoms with E-state index in [9.17, 15) is 0 Å². The Kier molecular flexibility index (Phi) is 7.44. The normalized spacial score (nSPS) is 26.3. The van der Waals surface area contributed by atoms with Gasteiger partial charge < -0.3 is 14.8 Å². The van der Waals surface area contributed by atoms with E-state index in [4.69, 9.17) is 9.47 Å². The van der Waals surface area contributed by atoms with E-state index in [1.54, 1.807) is 7.11 Å². The largest absolute Gasteiger partial charge is 0.382 e. The van der Waals surface area contributed by atoms with Crippen LogP contribution in [0.5, 0.6) is 0 Å². The van der Waals surface area contributed by atoms with Crippen molar-refractivity contribution < 1.29 is 9.47 Å². The maximum Gasteiger partial charge on any atom is 0.0700 e. The van der Waals surface area contributed by atoms with Crippen LogP contribution in [0.3, 0.4) is 0 Å². The van der Waals surface area contributed by atoms with Gasteiger partial charge in [0.25, 0.3) is 0 Å². The smallest absolute Gasteiger partial charge is 0.0700 e. The predicted octanol–water partition coefficient (Wildman–Crippen LogP) is 2.43. The number of nitrogens with zero attached hydrogens (tertiary/aromatic N) is 1. The first-order valence-corrected chi connectivity index (χ1v) is 8.86. The van der Waals surface area contributed by atoms with Gasteiger partial charge in [-0.2, -0.15) is 0 Å². The van der Waals surface area contributed by atoms with E-state index in [1.165, 1.54) is 58.2 Å². The molecule has 2 aliphatic rings. The van der Waals surface area contributed by atoms with Crippen LogP contribution in [0, 0.1) is 0 Å². The molecule has 4 nitrogen and oxygen atoms in total. The lowest BCUT2D eigenvalue weighted by molar-refractivity contribution is -0.000385. The fraction of sp³-hybridized carbons (Fsp3) is 1.00. The monoisotopic (exact) mass is 298 g/mol. The summed E-state index contributed by atoms with van der Waals surface area (Å²) in [5.41, 5.74) is 0.441.